The Morgan fingerprint density at radius 3 is 2.13 bits per heavy atom. The monoisotopic (exact) mass is 408 g/mol. The summed E-state index contributed by atoms with van der Waals surface area (Å²) in [5, 5.41) is 6.37. The molecule has 1 aliphatic rings. The van der Waals surface area contributed by atoms with E-state index < -0.39 is 0 Å². The third kappa shape index (κ3) is 5.32. The van der Waals surface area contributed by atoms with Crippen molar-refractivity contribution in [3.05, 3.63) is 54.1 Å². The molecule has 1 aliphatic heterocycles. The summed E-state index contributed by atoms with van der Waals surface area (Å²) in [5.41, 5.74) is 4.30. The Hall–Kier alpha value is -3.02. The van der Waals surface area contributed by atoms with E-state index in [9.17, 15) is 9.59 Å². The minimum Gasteiger partial charge on any atom is -0.372 e. The van der Waals surface area contributed by atoms with E-state index in [1.54, 1.807) is 4.90 Å². The molecule has 1 heterocycles. The molecule has 0 radical (unpaired) electrons. The molecule has 0 saturated carbocycles. The Kier molecular flexibility index (Phi) is 7.33. The van der Waals surface area contributed by atoms with Gasteiger partial charge in [-0.15, -0.1) is 0 Å². The maximum atomic E-state index is 12.3. The molecule has 1 unspecified atom stereocenters. The van der Waals surface area contributed by atoms with Crippen LogP contribution in [-0.4, -0.2) is 42.9 Å². The van der Waals surface area contributed by atoms with Crippen LogP contribution in [0.15, 0.2) is 48.5 Å². The van der Waals surface area contributed by atoms with Crippen LogP contribution in [0, 0.1) is 5.92 Å². The number of anilines is 3. The Bertz CT molecular complexity index is 845. The molecule has 2 N–H and O–H groups in total. The highest BCUT2D eigenvalue weighted by Crippen LogP contribution is 2.22. The van der Waals surface area contributed by atoms with E-state index in [4.69, 9.17) is 0 Å². The van der Waals surface area contributed by atoms with Crippen LogP contribution in [0.5, 0.6) is 0 Å². The van der Waals surface area contributed by atoms with Crippen molar-refractivity contribution in [2.75, 3.05) is 36.4 Å². The molecule has 1 atom stereocenters. The van der Waals surface area contributed by atoms with Crippen LogP contribution in [0.1, 0.15) is 32.8 Å². The maximum Gasteiger partial charge on any atom is 0.225 e. The molecule has 1 saturated heterocycles. The van der Waals surface area contributed by atoms with Crippen molar-refractivity contribution in [1.82, 2.24) is 10.2 Å². The van der Waals surface area contributed by atoms with E-state index >= 15 is 0 Å². The average molecular weight is 409 g/mol. The topological polar surface area (TPSA) is 64.7 Å². The van der Waals surface area contributed by atoms with E-state index in [-0.39, 0.29) is 17.7 Å². The highest BCUT2D eigenvalue weighted by atomic mass is 16.2. The number of benzene rings is 2. The lowest BCUT2D eigenvalue weighted by atomic mass is 10.1. The lowest BCUT2D eigenvalue weighted by molar-refractivity contribution is -0.128. The molecule has 2 aromatic rings. The lowest BCUT2D eigenvalue weighted by Gasteiger charge is -2.21. The van der Waals surface area contributed by atoms with E-state index in [0.717, 1.165) is 30.0 Å². The van der Waals surface area contributed by atoms with Gasteiger partial charge in [0.15, 0.2) is 0 Å². The highest BCUT2D eigenvalue weighted by Gasteiger charge is 2.33. The van der Waals surface area contributed by atoms with Crippen LogP contribution in [0.2, 0.25) is 0 Å². The second-order valence-electron chi connectivity index (χ2n) is 7.59. The predicted octanol–water partition coefficient (Wildman–Crippen LogP) is 3.76. The van der Waals surface area contributed by atoms with Gasteiger partial charge >= 0.3 is 0 Å². The molecule has 0 aromatic heterocycles. The summed E-state index contributed by atoms with van der Waals surface area (Å²) in [6.07, 6.45) is 0.315. The number of hydrogen-bond acceptors (Lipinski definition) is 4. The average Bonchev–Trinajstić information content (AvgIpc) is 3.16. The number of carbonyl (C=O) groups excluding carboxylic acids is 2. The molecule has 2 aromatic carbocycles. The van der Waals surface area contributed by atoms with Gasteiger partial charge in [0.2, 0.25) is 11.8 Å². The van der Waals surface area contributed by atoms with Gasteiger partial charge in [-0.05, 0) is 62.7 Å². The van der Waals surface area contributed by atoms with Gasteiger partial charge in [-0.2, -0.15) is 0 Å². The van der Waals surface area contributed by atoms with Crippen molar-refractivity contribution < 1.29 is 9.59 Å². The van der Waals surface area contributed by atoms with Crippen molar-refractivity contribution in [2.24, 2.45) is 5.92 Å². The van der Waals surface area contributed by atoms with Crippen LogP contribution in [0.25, 0.3) is 0 Å². The zero-order chi connectivity index (χ0) is 21.5. The SMILES string of the molecule is CCN1CC(C(=O)NCc2ccc(Nc3ccc(N(CC)CC)cc3)cc2)CC1=O. The summed E-state index contributed by atoms with van der Waals surface area (Å²) in [7, 11) is 0. The van der Waals surface area contributed by atoms with Gasteiger partial charge in [-0.25, -0.2) is 0 Å². The van der Waals surface area contributed by atoms with Crippen molar-refractivity contribution in [3.8, 4) is 0 Å². The smallest absolute Gasteiger partial charge is 0.225 e. The summed E-state index contributed by atoms with van der Waals surface area (Å²) in [4.78, 5) is 28.2. The van der Waals surface area contributed by atoms with Crippen molar-refractivity contribution in [2.45, 2.75) is 33.7 Å². The quantitative estimate of drug-likeness (QED) is 0.663. The van der Waals surface area contributed by atoms with E-state index in [1.165, 1.54) is 5.69 Å². The standard InChI is InChI=1S/C24H32N4O2/c1-4-27(5-2)22-13-11-21(12-14-22)26-20-9-7-18(8-10-20)16-25-24(30)19-15-23(29)28(6-3)17-19/h7-14,19,26H,4-6,15-17H2,1-3H3,(H,25,30). The van der Waals surface area contributed by atoms with Gasteiger partial charge in [-0.3, -0.25) is 9.59 Å². The summed E-state index contributed by atoms with van der Waals surface area (Å²) < 4.78 is 0. The van der Waals surface area contributed by atoms with Crippen LogP contribution >= 0.6 is 0 Å². The zero-order valence-electron chi connectivity index (χ0n) is 18.1. The number of nitrogens with one attached hydrogen (secondary N) is 2. The summed E-state index contributed by atoms with van der Waals surface area (Å²) >= 11 is 0. The zero-order valence-corrected chi connectivity index (χ0v) is 18.1. The molecule has 0 bridgehead atoms. The molecule has 2 amide bonds. The fourth-order valence-corrected chi connectivity index (χ4v) is 3.80. The Morgan fingerprint density at radius 1 is 1.00 bits per heavy atom. The van der Waals surface area contributed by atoms with Crippen LogP contribution < -0.4 is 15.5 Å². The van der Waals surface area contributed by atoms with Crippen LogP contribution in [0.3, 0.4) is 0 Å². The van der Waals surface area contributed by atoms with Gasteiger partial charge in [0, 0.05) is 56.2 Å². The highest BCUT2D eigenvalue weighted by molar-refractivity contribution is 5.89. The van der Waals surface area contributed by atoms with Gasteiger partial charge in [0.05, 0.1) is 5.92 Å². The first-order chi connectivity index (χ1) is 14.5. The Labute approximate surface area is 179 Å². The summed E-state index contributed by atoms with van der Waals surface area (Å²) in [6.45, 7) is 9.90. The second kappa shape index (κ2) is 10.1. The molecule has 3 rings (SSSR count). The van der Waals surface area contributed by atoms with E-state index in [2.05, 4.69) is 53.6 Å². The molecule has 0 spiro atoms. The number of amides is 2. The number of carbonyl (C=O) groups is 2. The third-order valence-electron chi connectivity index (χ3n) is 5.67. The van der Waals surface area contributed by atoms with Crippen LogP contribution in [-0.2, 0) is 16.1 Å². The number of nitrogens with zero attached hydrogens (tertiary/aromatic N) is 2. The van der Waals surface area contributed by atoms with E-state index in [1.807, 2.05) is 31.2 Å². The van der Waals surface area contributed by atoms with Crippen molar-refractivity contribution >= 4 is 28.9 Å². The molecule has 1 fully saturated rings. The molecule has 6 heteroatoms. The van der Waals surface area contributed by atoms with Gasteiger partial charge < -0.3 is 20.4 Å². The number of likely N-dealkylation sites (tertiary alicyclic amines) is 1. The molecule has 160 valence electrons. The third-order valence-corrected chi connectivity index (χ3v) is 5.67. The minimum atomic E-state index is -0.238. The molecular weight excluding hydrogens is 376 g/mol. The summed E-state index contributed by atoms with van der Waals surface area (Å²) in [5.74, 6) is -0.217. The second-order valence-corrected chi connectivity index (χ2v) is 7.59. The fraction of sp³-hybridized carbons (Fsp3) is 0.417. The van der Waals surface area contributed by atoms with Gasteiger partial charge in [-0.1, -0.05) is 12.1 Å². The minimum absolute atomic E-state index is 0.0465. The molecule has 0 aliphatic carbocycles. The van der Waals surface area contributed by atoms with Crippen molar-refractivity contribution in [3.63, 3.8) is 0 Å². The molecule has 30 heavy (non-hydrogen) atoms. The van der Waals surface area contributed by atoms with Crippen LogP contribution in [0.4, 0.5) is 17.1 Å². The number of hydrogen-bond donors (Lipinski definition) is 2. The lowest BCUT2D eigenvalue weighted by Crippen LogP contribution is -2.32. The predicted molar refractivity (Wildman–Crippen MR) is 122 cm³/mol. The Morgan fingerprint density at radius 2 is 1.60 bits per heavy atom. The van der Waals surface area contributed by atoms with E-state index in [0.29, 0.717) is 26.1 Å². The summed E-state index contributed by atoms with van der Waals surface area (Å²) in [6, 6.07) is 16.5. The first kappa shape index (κ1) is 21.7. The Balaban J connectivity index is 1.50. The fourth-order valence-electron chi connectivity index (χ4n) is 3.80. The van der Waals surface area contributed by atoms with Gasteiger partial charge in [0.1, 0.15) is 0 Å². The first-order valence-corrected chi connectivity index (χ1v) is 10.8. The first-order valence-electron chi connectivity index (χ1n) is 10.8. The molecular formula is C24H32N4O2. The maximum absolute atomic E-state index is 12.3. The van der Waals surface area contributed by atoms with Gasteiger partial charge in [0.25, 0.3) is 0 Å². The normalized spacial score (nSPS) is 15.9. The van der Waals surface area contributed by atoms with Crippen molar-refractivity contribution in [1.29, 1.82) is 0 Å². The molecule has 6 nitrogen and oxygen atoms in total. The largest absolute Gasteiger partial charge is 0.372 e. The number of rotatable bonds is 9.